The number of carbonyl (C=O) groups is 1. The monoisotopic (exact) mass is 197 g/mol. The normalized spacial score (nSPS) is 13.8. The van der Waals surface area contributed by atoms with Gasteiger partial charge in [0, 0.05) is 10.5 Å². The lowest BCUT2D eigenvalue weighted by atomic mass is 10.1. The minimum Gasteiger partial charge on any atom is -0.405 e. The van der Waals surface area contributed by atoms with Gasteiger partial charge in [0.15, 0.2) is 5.78 Å². The van der Waals surface area contributed by atoms with Gasteiger partial charge in [-0.25, -0.2) is 0 Å². The summed E-state index contributed by atoms with van der Waals surface area (Å²) >= 11 is 4.19. The zero-order chi connectivity index (χ0) is 10.3. The Balaban J connectivity index is 4.73. The molecule has 0 heterocycles. The lowest BCUT2D eigenvalue weighted by Gasteiger charge is -1.96. The van der Waals surface area contributed by atoms with Gasteiger partial charge in [0.1, 0.15) is 0 Å². The molecule has 0 unspecified atom stereocenters. The second-order valence-electron chi connectivity index (χ2n) is 2.55. The highest BCUT2D eigenvalue weighted by atomic mass is 32.1. The first-order valence-corrected chi connectivity index (χ1v) is 4.56. The molecule has 0 spiro atoms. The van der Waals surface area contributed by atoms with Gasteiger partial charge in [-0.15, -0.1) is 12.6 Å². The van der Waals surface area contributed by atoms with Crippen LogP contribution in [0, 0.1) is 0 Å². The van der Waals surface area contributed by atoms with Crippen LogP contribution in [0.2, 0.25) is 0 Å². The van der Waals surface area contributed by atoms with Gasteiger partial charge in [-0.2, -0.15) is 0 Å². The second-order valence-corrected chi connectivity index (χ2v) is 3.07. The molecule has 0 radical (unpaired) electrons. The number of allylic oxidation sites excluding steroid dienone is 4. The average Bonchev–Trinajstić information content (AvgIpc) is 2.04. The summed E-state index contributed by atoms with van der Waals surface area (Å²) in [7, 11) is 0. The van der Waals surface area contributed by atoms with Crippen LogP contribution in [0.3, 0.4) is 0 Å². The quantitative estimate of drug-likeness (QED) is 0.412. The number of hydrogen-bond donors (Lipinski definition) is 2. The minimum absolute atomic E-state index is 0.0160. The van der Waals surface area contributed by atoms with Crippen LogP contribution in [0.1, 0.15) is 20.3 Å². The third kappa shape index (κ3) is 5.31. The van der Waals surface area contributed by atoms with E-state index >= 15 is 0 Å². The molecule has 2 nitrogen and oxygen atoms in total. The molecule has 0 aliphatic rings. The molecule has 2 N–H and O–H groups in total. The van der Waals surface area contributed by atoms with Crippen molar-refractivity contribution in [1.82, 2.24) is 0 Å². The molecular weight excluding hydrogens is 182 g/mol. The van der Waals surface area contributed by atoms with Crippen LogP contribution in [0.4, 0.5) is 0 Å². The number of hydrogen-bond acceptors (Lipinski definition) is 3. The van der Waals surface area contributed by atoms with Gasteiger partial charge in [-0.05, 0) is 31.7 Å². The maximum Gasteiger partial charge on any atom is 0.159 e. The molecule has 0 fully saturated rings. The number of rotatable bonds is 4. The van der Waals surface area contributed by atoms with Crippen LogP contribution in [0.25, 0.3) is 0 Å². The number of carbonyl (C=O) groups excluding carboxylic acids is 1. The molecule has 0 saturated carbocycles. The molecule has 0 saturated heterocycles. The van der Waals surface area contributed by atoms with Crippen molar-refractivity contribution in [3.05, 3.63) is 34.9 Å². The molecule has 0 bridgehead atoms. The van der Waals surface area contributed by atoms with Crippen LogP contribution in [0.15, 0.2) is 34.9 Å². The summed E-state index contributed by atoms with van der Waals surface area (Å²) in [5.74, 6) is -0.0160. The zero-order valence-corrected chi connectivity index (χ0v) is 8.84. The summed E-state index contributed by atoms with van der Waals surface area (Å²) in [5.41, 5.74) is 5.77. The van der Waals surface area contributed by atoms with E-state index in [1.165, 1.54) is 13.1 Å². The van der Waals surface area contributed by atoms with Crippen molar-refractivity contribution in [2.45, 2.75) is 20.3 Å². The van der Waals surface area contributed by atoms with E-state index in [0.717, 1.165) is 11.3 Å². The first-order valence-electron chi connectivity index (χ1n) is 4.11. The number of nitrogens with two attached hydrogens (primary N) is 1. The molecule has 0 aliphatic carbocycles. The Morgan fingerprint density at radius 2 is 2.15 bits per heavy atom. The first kappa shape index (κ1) is 12.0. The Hall–Kier alpha value is -0.960. The summed E-state index contributed by atoms with van der Waals surface area (Å²) in [6.45, 7) is 3.51. The van der Waals surface area contributed by atoms with Crippen LogP contribution >= 0.6 is 12.6 Å². The number of Topliss-reactive ketones (excluding diaryl/α,β-unsaturated/α-hetero) is 1. The molecule has 3 heteroatoms. The highest BCUT2D eigenvalue weighted by molar-refractivity contribution is 7.84. The van der Waals surface area contributed by atoms with Crippen molar-refractivity contribution in [2.75, 3.05) is 0 Å². The Morgan fingerprint density at radius 3 is 2.54 bits per heavy atom. The zero-order valence-electron chi connectivity index (χ0n) is 7.95. The third-order valence-electron chi connectivity index (χ3n) is 1.40. The fraction of sp³-hybridized carbons (Fsp3) is 0.300. The maximum absolute atomic E-state index is 11.0. The second kappa shape index (κ2) is 6.54. The summed E-state index contributed by atoms with van der Waals surface area (Å²) in [4.78, 5) is 11.8. The number of thiol groups is 1. The smallest absolute Gasteiger partial charge is 0.159 e. The van der Waals surface area contributed by atoms with Gasteiger partial charge < -0.3 is 5.73 Å². The molecule has 0 amide bonds. The molecule has 72 valence electrons. The van der Waals surface area contributed by atoms with Crippen LogP contribution in [0.5, 0.6) is 0 Å². The predicted molar refractivity (Wildman–Crippen MR) is 59.5 cm³/mol. The van der Waals surface area contributed by atoms with Crippen molar-refractivity contribution < 1.29 is 4.79 Å². The lowest BCUT2D eigenvalue weighted by Crippen LogP contribution is -1.94. The highest BCUT2D eigenvalue weighted by Crippen LogP contribution is 2.09. The molecule has 0 atom stereocenters. The van der Waals surface area contributed by atoms with Gasteiger partial charge in [0.05, 0.1) is 0 Å². The SMILES string of the molecule is CC\C=C(S)/C=C(\C=C\N)C(C)=O. The molecule has 13 heavy (non-hydrogen) atoms. The van der Waals surface area contributed by atoms with E-state index in [-0.39, 0.29) is 5.78 Å². The number of ketones is 1. The summed E-state index contributed by atoms with van der Waals surface area (Å²) in [5, 5.41) is 0. The van der Waals surface area contributed by atoms with Gasteiger partial charge in [0.25, 0.3) is 0 Å². The average molecular weight is 197 g/mol. The minimum atomic E-state index is -0.0160. The van der Waals surface area contributed by atoms with Crippen LogP contribution < -0.4 is 5.73 Å². The van der Waals surface area contributed by atoms with Crippen molar-refractivity contribution in [1.29, 1.82) is 0 Å². The van der Waals surface area contributed by atoms with Gasteiger partial charge >= 0.3 is 0 Å². The molecule has 0 aliphatic heterocycles. The summed E-state index contributed by atoms with van der Waals surface area (Å²) in [6.07, 6.45) is 7.45. The standard InChI is InChI=1S/C10H15NOS/c1-3-4-10(13)7-9(5-6-11)8(2)12/h4-7,13H,3,11H2,1-2H3/b6-5+,9-7+,10-4+. The topological polar surface area (TPSA) is 43.1 Å². The van der Waals surface area contributed by atoms with E-state index in [1.54, 1.807) is 12.2 Å². The lowest BCUT2D eigenvalue weighted by molar-refractivity contribution is -0.113. The summed E-state index contributed by atoms with van der Waals surface area (Å²) < 4.78 is 0. The highest BCUT2D eigenvalue weighted by Gasteiger charge is 1.98. The van der Waals surface area contributed by atoms with E-state index < -0.39 is 0 Å². The molecule has 0 rings (SSSR count). The van der Waals surface area contributed by atoms with Crippen molar-refractivity contribution in [3.63, 3.8) is 0 Å². The largest absolute Gasteiger partial charge is 0.405 e. The third-order valence-corrected chi connectivity index (χ3v) is 1.71. The Bertz CT molecular complexity index is 264. The van der Waals surface area contributed by atoms with E-state index in [4.69, 9.17) is 5.73 Å². The van der Waals surface area contributed by atoms with E-state index in [0.29, 0.717) is 5.57 Å². The van der Waals surface area contributed by atoms with Crippen molar-refractivity contribution in [2.24, 2.45) is 5.73 Å². The van der Waals surface area contributed by atoms with Crippen molar-refractivity contribution >= 4 is 18.4 Å². The summed E-state index contributed by atoms with van der Waals surface area (Å²) in [6, 6.07) is 0. The van der Waals surface area contributed by atoms with E-state index in [1.807, 2.05) is 13.0 Å². The predicted octanol–water partition coefficient (Wildman–Crippen LogP) is 2.20. The molecular formula is C10H15NOS. The van der Waals surface area contributed by atoms with E-state index in [2.05, 4.69) is 12.6 Å². The maximum atomic E-state index is 11.0. The van der Waals surface area contributed by atoms with Gasteiger partial charge in [0.2, 0.25) is 0 Å². The Labute approximate surface area is 84.6 Å². The molecule has 0 aromatic heterocycles. The van der Waals surface area contributed by atoms with Crippen LogP contribution in [-0.4, -0.2) is 5.78 Å². The Morgan fingerprint density at radius 1 is 1.54 bits per heavy atom. The fourth-order valence-electron chi connectivity index (χ4n) is 0.798. The van der Waals surface area contributed by atoms with Gasteiger partial charge in [-0.3, -0.25) is 4.79 Å². The first-order chi connectivity index (χ1) is 6.11. The van der Waals surface area contributed by atoms with Gasteiger partial charge in [-0.1, -0.05) is 13.0 Å². The molecule has 0 aromatic carbocycles. The Kier molecular flexibility index (Phi) is 6.06. The fourth-order valence-corrected chi connectivity index (χ4v) is 1.12. The molecule has 0 aromatic rings. The van der Waals surface area contributed by atoms with E-state index in [9.17, 15) is 4.79 Å². The van der Waals surface area contributed by atoms with Crippen LogP contribution in [-0.2, 0) is 4.79 Å². The van der Waals surface area contributed by atoms with Crippen molar-refractivity contribution in [3.8, 4) is 0 Å².